The van der Waals surface area contributed by atoms with E-state index in [2.05, 4.69) is 20.1 Å². The number of carbonyl (C=O) groups excluding carboxylic acids is 1. The molecule has 2 unspecified atom stereocenters. The Morgan fingerprint density at radius 3 is 1.78 bits per heavy atom. The molecule has 0 aliphatic heterocycles. The fourth-order valence-corrected chi connectivity index (χ4v) is 10.3. The number of aromatic nitrogens is 4. The van der Waals surface area contributed by atoms with E-state index < -0.39 is 60.1 Å². The van der Waals surface area contributed by atoms with Crippen LogP contribution in [-0.2, 0) is 44.4 Å². The van der Waals surface area contributed by atoms with Crippen LogP contribution >= 0.6 is 22.6 Å². The second-order valence-corrected chi connectivity index (χ2v) is 19.1. The Hall–Kier alpha value is -4.87. The number of nitrogens with zero attached hydrogens (tertiary/aromatic N) is 5. The molecule has 59 heavy (non-hydrogen) atoms. The molecule has 0 radical (unpaired) electrons. The van der Waals surface area contributed by atoms with E-state index in [9.17, 15) is 18.3 Å². The van der Waals surface area contributed by atoms with Crippen LogP contribution in [-0.4, -0.2) is 92.6 Å². The van der Waals surface area contributed by atoms with E-state index in [-0.39, 0.29) is 31.0 Å². The van der Waals surface area contributed by atoms with Gasteiger partial charge in [0.15, 0.2) is 0 Å². The van der Waals surface area contributed by atoms with Crippen LogP contribution in [0.1, 0.15) is 37.5 Å². The molecule has 1 aromatic heterocycles. The van der Waals surface area contributed by atoms with Gasteiger partial charge in [-0.25, -0.2) is 26.4 Å². The van der Waals surface area contributed by atoms with E-state index in [1.807, 2.05) is 34.7 Å². The third-order valence-electron chi connectivity index (χ3n) is 9.14. The van der Waals surface area contributed by atoms with Crippen molar-refractivity contribution in [2.24, 2.45) is 11.1 Å². The molecule has 17 nitrogen and oxygen atoms in total. The summed E-state index contributed by atoms with van der Waals surface area (Å²) in [6.45, 7) is 4.09. The first-order valence-electron chi connectivity index (χ1n) is 18.0. The molecule has 5 rings (SSSR count). The Morgan fingerprint density at radius 2 is 1.32 bits per heavy atom. The van der Waals surface area contributed by atoms with Crippen molar-refractivity contribution in [2.75, 3.05) is 27.9 Å². The Labute approximate surface area is 357 Å². The summed E-state index contributed by atoms with van der Waals surface area (Å²) in [4.78, 5) is 11.8. The number of nitrogens with two attached hydrogens (primary N) is 1. The maximum atomic E-state index is 15.4. The van der Waals surface area contributed by atoms with Crippen LogP contribution in [0.15, 0.2) is 94.7 Å². The number of ether oxygens (including phenoxy) is 4. The molecule has 1 heterocycles. The number of aliphatic hydroxyl groups is 1. The summed E-state index contributed by atoms with van der Waals surface area (Å²) in [5.41, 5.74) is 6.22. The first kappa shape index (κ1) is 45.2. The number of methoxy groups -OCH3 is 3. The number of amides is 1. The lowest BCUT2D eigenvalue weighted by molar-refractivity contribution is -0.0458. The van der Waals surface area contributed by atoms with Crippen LogP contribution in [0.25, 0.3) is 11.4 Å². The lowest BCUT2D eigenvalue weighted by Crippen LogP contribution is -2.48. The molecular formula is C39H46IN7O10S2. The van der Waals surface area contributed by atoms with E-state index in [1.54, 1.807) is 88.5 Å². The molecule has 4 N–H and O–H groups in total. The number of benzene rings is 4. The standard InChI is InChI=1S/C39H46IN7O10S2/c1-39(2,3)36(48)32(57-38(41)49)21-42-58(50,51)33-20-19-31(40)34(37-43-45-47(44-37)24-27-11-17-30(56-6)18-12-27)35(33)59(52,53)46(22-25-7-13-28(54-4)14-8-25)23-26-9-15-29(55-5)16-10-26/h7-20,32,36,42,48H,21-24H2,1-6H3,(H2,41,49). The molecule has 5 aromatic rings. The number of halogens is 1. The average Bonchev–Trinajstić information content (AvgIpc) is 3.66. The van der Waals surface area contributed by atoms with Gasteiger partial charge in [-0.1, -0.05) is 57.2 Å². The molecule has 0 spiro atoms. The predicted octanol–water partition coefficient (Wildman–Crippen LogP) is 4.56. The number of hydrogen-bond donors (Lipinski definition) is 3. The highest BCUT2D eigenvalue weighted by Gasteiger charge is 2.39. The number of hydrogen-bond acceptors (Lipinski definition) is 13. The highest BCUT2D eigenvalue weighted by molar-refractivity contribution is 14.1. The summed E-state index contributed by atoms with van der Waals surface area (Å²) in [5.74, 6) is 1.59. The van der Waals surface area contributed by atoms with Crippen molar-refractivity contribution in [3.8, 4) is 28.6 Å². The van der Waals surface area contributed by atoms with Crippen LogP contribution in [0.3, 0.4) is 0 Å². The lowest BCUT2D eigenvalue weighted by atomic mass is 9.86. The molecule has 2 atom stereocenters. The minimum Gasteiger partial charge on any atom is -0.497 e. The number of primary amides is 1. The maximum absolute atomic E-state index is 15.4. The summed E-state index contributed by atoms with van der Waals surface area (Å²) in [5, 5.41) is 23.9. The number of sulfonamides is 2. The number of tetrazole rings is 1. The fourth-order valence-electron chi connectivity index (χ4n) is 5.94. The second kappa shape index (κ2) is 19.0. The molecule has 0 saturated carbocycles. The van der Waals surface area contributed by atoms with Gasteiger partial charge < -0.3 is 29.8 Å². The maximum Gasteiger partial charge on any atom is 0.404 e. The zero-order valence-corrected chi connectivity index (χ0v) is 37.0. The molecule has 0 saturated heterocycles. The van der Waals surface area contributed by atoms with Gasteiger partial charge in [0.1, 0.15) is 33.1 Å². The lowest BCUT2D eigenvalue weighted by Gasteiger charge is -2.32. The van der Waals surface area contributed by atoms with Crippen molar-refractivity contribution in [2.45, 2.75) is 62.4 Å². The van der Waals surface area contributed by atoms with Crippen LogP contribution in [0, 0.1) is 8.99 Å². The van der Waals surface area contributed by atoms with Gasteiger partial charge in [0.05, 0.1) is 46.1 Å². The minimum absolute atomic E-state index is 0.122. The zero-order chi connectivity index (χ0) is 43.1. The molecule has 0 aliphatic rings. The first-order valence-corrected chi connectivity index (χ1v) is 22.0. The number of carbonyl (C=O) groups is 1. The minimum atomic E-state index is -4.84. The van der Waals surface area contributed by atoms with Crippen LogP contribution in [0.2, 0.25) is 0 Å². The molecule has 0 aliphatic carbocycles. The first-order chi connectivity index (χ1) is 27.9. The van der Waals surface area contributed by atoms with E-state index in [1.165, 1.54) is 25.1 Å². The third-order valence-corrected chi connectivity index (χ3v) is 13.5. The molecular weight excluding hydrogens is 918 g/mol. The fraction of sp³-hybridized carbons (Fsp3) is 0.333. The van der Waals surface area contributed by atoms with Gasteiger partial charge in [0, 0.05) is 16.7 Å². The highest BCUT2D eigenvalue weighted by atomic mass is 127. The van der Waals surface area contributed by atoms with Gasteiger partial charge in [0.2, 0.25) is 25.9 Å². The normalized spacial score (nSPS) is 13.2. The smallest absolute Gasteiger partial charge is 0.404 e. The molecule has 1 amide bonds. The van der Waals surface area contributed by atoms with Crippen LogP contribution in [0.5, 0.6) is 17.2 Å². The van der Waals surface area contributed by atoms with E-state index in [0.717, 1.165) is 15.9 Å². The van der Waals surface area contributed by atoms with Gasteiger partial charge in [-0.3, -0.25) is 0 Å². The van der Waals surface area contributed by atoms with Crippen molar-refractivity contribution in [3.05, 3.63) is 105 Å². The topological polar surface area (TPSA) is 227 Å². The van der Waals surface area contributed by atoms with Crippen LogP contribution < -0.4 is 24.7 Å². The monoisotopic (exact) mass is 963 g/mol. The predicted molar refractivity (Wildman–Crippen MR) is 226 cm³/mol. The van der Waals surface area contributed by atoms with E-state index in [4.69, 9.17) is 24.7 Å². The third kappa shape index (κ3) is 11.2. The van der Waals surface area contributed by atoms with Crippen molar-refractivity contribution in [3.63, 3.8) is 0 Å². The van der Waals surface area contributed by atoms with Gasteiger partial charge in [-0.15, -0.1) is 10.2 Å². The molecule has 4 aromatic carbocycles. The quantitative estimate of drug-likeness (QED) is 0.103. The van der Waals surface area contributed by atoms with Crippen molar-refractivity contribution in [1.29, 1.82) is 0 Å². The van der Waals surface area contributed by atoms with Crippen LogP contribution in [0.4, 0.5) is 4.79 Å². The molecule has 0 bridgehead atoms. The summed E-state index contributed by atoms with van der Waals surface area (Å²) in [6.07, 6.45) is -4.05. The summed E-state index contributed by atoms with van der Waals surface area (Å²) < 4.78 is 84.6. The number of rotatable bonds is 18. The summed E-state index contributed by atoms with van der Waals surface area (Å²) in [7, 11) is -5.07. The van der Waals surface area contributed by atoms with Crippen molar-refractivity contribution < 1.29 is 45.7 Å². The number of aliphatic hydroxyl groups excluding tert-OH is 1. The summed E-state index contributed by atoms with van der Waals surface area (Å²) >= 11 is 1.90. The molecule has 316 valence electrons. The molecule has 0 fully saturated rings. The highest BCUT2D eigenvalue weighted by Crippen LogP contribution is 2.38. The molecule has 20 heteroatoms. The van der Waals surface area contributed by atoms with Gasteiger partial charge in [0.25, 0.3) is 0 Å². The van der Waals surface area contributed by atoms with Gasteiger partial charge >= 0.3 is 6.09 Å². The Kier molecular flexibility index (Phi) is 14.6. The zero-order valence-electron chi connectivity index (χ0n) is 33.2. The Morgan fingerprint density at radius 1 is 0.831 bits per heavy atom. The average molecular weight is 964 g/mol. The Balaban J connectivity index is 1.69. The van der Waals surface area contributed by atoms with E-state index in [0.29, 0.717) is 31.9 Å². The van der Waals surface area contributed by atoms with Crippen molar-refractivity contribution >= 4 is 48.7 Å². The van der Waals surface area contributed by atoms with Crippen molar-refractivity contribution in [1.82, 2.24) is 29.2 Å². The van der Waals surface area contributed by atoms with E-state index >= 15 is 8.42 Å². The Bertz CT molecular complexity index is 2390. The van der Waals surface area contributed by atoms with Gasteiger partial charge in [-0.05, 0) is 98.4 Å². The SMILES string of the molecule is COc1ccc(CN(Cc2ccc(OC)cc2)S(=O)(=O)c2c(S(=O)(=O)NCC(OC(N)=O)C(O)C(C)(C)C)ccc(I)c2-c2nnn(Cc3ccc(OC)cc3)n2)cc1. The number of nitrogens with one attached hydrogen (secondary N) is 1. The second-order valence-electron chi connectivity index (χ2n) is 14.3. The summed E-state index contributed by atoms with van der Waals surface area (Å²) in [6, 6.07) is 23.3. The largest absolute Gasteiger partial charge is 0.497 e. The van der Waals surface area contributed by atoms with Gasteiger partial charge in [-0.2, -0.15) is 9.10 Å².